The van der Waals surface area contributed by atoms with Crippen molar-refractivity contribution in [3.63, 3.8) is 0 Å². The summed E-state index contributed by atoms with van der Waals surface area (Å²) in [7, 11) is 3.30. The number of ether oxygens (including phenoxy) is 3. The Bertz CT molecular complexity index is 808. The van der Waals surface area contributed by atoms with Crippen molar-refractivity contribution in [1.29, 1.82) is 0 Å². The standard InChI is InChI=1S/C26H29NO3/c1-28-26(29-2,24-19-12-20-27-24)30-25(21-13-6-3-7-14-21,22-15-8-4-9-16-22)23-17-10-5-11-18-23/h3-11,13-18,24,27H,12,19-20H2,1-2H3. The van der Waals surface area contributed by atoms with E-state index in [0.717, 1.165) is 36.1 Å². The molecule has 0 radical (unpaired) electrons. The zero-order valence-electron chi connectivity index (χ0n) is 17.6. The molecule has 1 heterocycles. The Labute approximate surface area is 178 Å². The topological polar surface area (TPSA) is 39.7 Å². The molecule has 1 atom stereocenters. The average molecular weight is 404 g/mol. The summed E-state index contributed by atoms with van der Waals surface area (Å²) in [5.41, 5.74) is 2.12. The number of rotatable bonds is 8. The van der Waals surface area contributed by atoms with Crippen molar-refractivity contribution in [3.8, 4) is 0 Å². The fourth-order valence-corrected chi connectivity index (χ4v) is 4.42. The van der Waals surface area contributed by atoms with Crippen LogP contribution in [0.2, 0.25) is 0 Å². The summed E-state index contributed by atoms with van der Waals surface area (Å²) in [6.45, 7) is 0.914. The third-order valence-corrected chi connectivity index (χ3v) is 5.89. The normalized spacial score (nSPS) is 17.2. The monoisotopic (exact) mass is 403 g/mol. The lowest BCUT2D eigenvalue weighted by Gasteiger charge is -2.45. The van der Waals surface area contributed by atoms with Crippen LogP contribution in [0.25, 0.3) is 0 Å². The molecule has 1 aliphatic heterocycles. The smallest absolute Gasteiger partial charge is 0.300 e. The van der Waals surface area contributed by atoms with Crippen LogP contribution in [0.3, 0.4) is 0 Å². The first-order valence-electron chi connectivity index (χ1n) is 10.5. The first kappa shape index (κ1) is 20.8. The van der Waals surface area contributed by atoms with Crippen molar-refractivity contribution in [2.24, 2.45) is 0 Å². The second-order valence-corrected chi connectivity index (χ2v) is 7.54. The van der Waals surface area contributed by atoms with E-state index in [9.17, 15) is 0 Å². The Morgan fingerprint density at radius 2 is 1.13 bits per heavy atom. The van der Waals surface area contributed by atoms with Crippen molar-refractivity contribution in [1.82, 2.24) is 5.32 Å². The summed E-state index contributed by atoms with van der Waals surface area (Å²) < 4.78 is 19.0. The number of nitrogens with one attached hydrogen (secondary N) is 1. The maximum atomic E-state index is 7.06. The van der Waals surface area contributed by atoms with Crippen molar-refractivity contribution >= 4 is 0 Å². The van der Waals surface area contributed by atoms with Crippen LogP contribution < -0.4 is 5.32 Å². The van der Waals surface area contributed by atoms with Gasteiger partial charge in [0, 0.05) is 14.2 Å². The fraction of sp³-hybridized carbons (Fsp3) is 0.308. The molecule has 3 aromatic rings. The van der Waals surface area contributed by atoms with Crippen LogP contribution in [0.5, 0.6) is 0 Å². The molecule has 0 amide bonds. The minimum atomic E-state index is -1.25. The third-order valence-electron chi connectivity index (χ3n) is 5.89. The van der Waals surface area contributed by atoms with Gasteiger partial charge in [-0.3, -0.25) is 0 Å². The first-order chi connectivity index (χ1) is 14.7. The highest BCUT2D eigenvalue weighted by Gasteiger charge is 2.51. The Kier molecular flexibility index (Phi) is 6.30. The number of hydrogen-bond donors (Lipinski definition) is 1. The maximum absolute atomic E-state index is 7.06. The molecule has 1 fully saturated rings. The summed E-state index contributed by atoms with van der Waals surface area (Å²) in [5.74, 6) is -1.25. The zero-order chi connectivity index (χ0) is 20.9. The quantitative estimate of drug-likeness (QED) is 0.437. The molecular formula is C26H29NO3. The lowest BCUT2D eigenvalue weighted by atomic mass is 9.80. The Morgan fingerprint density at radius 1 is 0.700 bits per heavy atom. The minimum absolute atomic E-state index is 0.0805. The number of hydrogen-bond acceptors (Lipinski definition) is 4. The maximum Gasteiger partial charge on any atom is 0.300 e. The van der Waals surface area contributed by atoms with E-state index in [1.54, 1.807) is 14.2 Å². The van der Waals surface area contributed by atoms with Gasteiger partial charge in [0.15, 0.2) is 0 Å². The van der Waals surface area contributed by atoms with Crippen LogP contribution in [-0.4, -0.2) is 32.8 Å². The Balaban J connectivity index is 1.97. The Hall–Kier alpha value is -2.50. The van der Waals surface area contributed by atoms with E-state index in [4.69, 9.17) is 14.2 Å². The van der Waals surface area contributed by atoms with Gasteiger partial charge in [0.05, 0.1) is 6.04 Å². The van der Waals surface area contributed by atoms with Gasteiger partial charge in [-0.15, -0.1) is 0 Å². The van der Waals surface area contributed by atoms with Crippen LogP contribution in [0.1, 0.15) is 29.5 Å². The van der Waals surface area contributed by atoms with E-state index < -0.39 is 11.6 Å². The summed E-state index contributed by atoms with van der Waals surface area (Å²) in [5, 5.41) is 3.50. The van der Waals surface area contributed by atoms with E-state index in [1.165, 1.54) is 0 Å². The predicted molar refractivity (Wildman–Crippen MR) is 118 cm³/mol. The van der Waals surface area contributed by atoms with Gasteiger partial charge >= 0.3 is 0 Å². The van der Waals surface area contributed by atoms with Gasteiger partial charge in [-0.25, -0.2) is 0 Å². The van der Waals surface area contributed by atoms with Crippen molar-refractivity contribution in [2.45, 2.75) is 30.5 Å². The van der Waals surface area contributed by atoms with E-state index in [1.807, 2.05) is 54.6 Å². The number of benzene rings is 3. The third kappa shape index (κ3) is 3.68. The van der Waals surface area contributed by atoms with Crippen LogP contribution in [0, 0.1) is 0 Å². The molecule has 1 N–H and O–H groups in total. The van der Waals surface area contributed by atoms with Crippen LogP contribution in [0.4, 0.5) is 0 Å². The molecule has 4 rings (SSSR count). The van der Waals surface area contributed by atoms with E-state index in [-0.39, 0.29) is 6.04 Å². The predicted octanol–water partition coefficient (Wildman–Crippen LogP) is 4.69. The molecule has 1 aliphatic rings. The number of methoxy groups -OCH3 is 2. The lowest BCUT2D eigenvalue weighted by molar-refractivity contribution is -0.398. The molecule has 30 heavy (non-hydrogen) atoms. The summed E-state index contributed by atoms with van der Waals surface area (Å²) in [6.07, 6.45) is 1.97. The molecule has 1 unspecified atom stereocenters. The molecule has 1 saturated heterocycles. The van der Waals surface area contributed by atoms with Gasteiger partial charge in [-0.2, -0.15) is 0 Å². The van der Waals surface area contributed by atoms with Gasteiger partial charge in [-0.05, 0) is 36.1 Å². The lowest BCUT2D eigenvalue weighted by Crippen LogP contribution is -2.57. The highest BCUT2D eigenvalue weighted by molar-refractivity contribution is 5.47. The van der Waals surface area contributed by atoms with Gasteiger partial charge in [0.25, 0.3) is 5.97 Å². The molecule has 0 bridgehead atoms. The van der Waals surface area contributed by atoms with Gasteiger partial charge < -0.3 is 19.5 Å². The SMILES string of the molecule is COC(OC)(OC(c1ccccc1)(c1ccccc1)c1ccccc1)C1CCCN1. The van der Waals surface area contributed by atoms with Crippen molar-refractivity contribution in [3.05, 3.63) is 108 Å². The molecule has 156 valence electrons. The largest absolute Gasteiger partial charge is 0.330 e. The molecule has 0 aliphatic carbocycles. The molecule has 4 heteroatoms. The molecular weight excluding hydrogens is 374 g/mol. The molecule has 3 aromatic carbocycles. The van der Waals surface area contributed by atoms with Gasteiger partial charge in [0.2, 0.25) is 0 Å². The average Bonchev–Trinajstić information content (AvgIpc) is 3.38. The molecule has 0 aromatic heterocycles. The molecule has 0 saturated carbocycles. The van der Waals surface area contributed by atoms with Gasteiger partial charge in [-0.1, -0.05) is 91.0 Å². The van der Waals surface area contributed by atoms with E-state index in [0.29, 0.717) is 0 Å². The van der Waals surface area contributed by atoms with Gasteiger partial charge in [0.1, 0.15) is 5.60 Å². The first-order valence-corrected chi connectivity index (χ1v) is 10.5. The Morgan fingerprint density at radius 3 is 1.47 bits per heavy atom. The molecule has 0 spiro atoms. The fourth-order valence-electron chi connectivity index (χ4n) is 4.42. The summed E-state index contributed by atoms with van der Waals surface area (Å²) >= 11 is 0. The minimum Gasteiger partial charge on any atom is -0.330 e. The van der Waals surface area contributed by atoms with E-state index >= 15 is 0 Å². The van der Waals surface area contributed by atoms with Crippen LogP contribution in [-0.2, 0) is 19.8 Å². The van der Waals surface area contributed by atoms with E-state index in [2.05, 4.69) is 41.7 Å². The molecule has 4 nitrogen and oxygen atoms in total. The summed E-state index contributed by atoms with van der Waals surface area (Å²) in [6, 6.07) is 30.8. The second kappa shape index (κ2) is 9.11. The second-order valence-electron chi connectivity index (χ2n) is 7.54. The zero-order valence-corrected chi connectivity index (χ0v) is 17.6. The van der Waals surface area contributed by atoms with Crippen LogP contribution in [0.15, 0.2) is 91.0 Å². The highest BCUT2D eigenvalue weighted by Crippen LogP contribution is 2.45. The van der Waals surface area contributed by atoms with Crippen LogP contribution >= 0.6 is 0 Å². The van der Waals surface area contributed by atoms with Crippen molar-refractivity contribution < 1.29 is 14.2 Å². The van der Waals surface area contributed by atoms with Crippen molar-refractivity contribution in [2.75, 3.05) is 20.8 Å². The highest BCUT2D eigenvalue weighted by atomic mass is 16.9. The summed E-state index contributed by atoms with van der Waals surface area (Å²) in [4.78, 5) is 0.